The highest BCUT2D eigenvalue weighted by Crippen LogP contribution is 2.35. The van der Waals surface area contributed by atoms with Gasteiger partial charge in [-0.15, -0.1) is 23.1 Å². The van der Waals surface area contributed by atoms with Crippen LogP contribution in [0.3, 0.4) is 0 Å². The third kappa shape index (κ3) is 4.71. The Morgan fingerprint density at radius 3 is 2.16 bits per heavy atom. The number of nitrogens with one attached hydrogen (secondary N) is 2. The number of hydrogen-bond acceptors (Lipinski definition) is 4. The molecule has 0 aliphatic heterocycles. The number of rotatable bonds is 5. The van der Waals surface area contributed by atoms with E-state index in [9.17, 15) is 9.59 Å². The Kier molecular flexibility index (Phi) is 5.87. The Labute approximate surface area is 154 Å². The summed E-state index contributed by atoms with van der Waals surface area (Å²) in [6.45, 7) is 0. The van der Waals surface area contributed by atoms with Crippen LogP contribution in [0, 0.1) is 0 Å². The average molecular weight is 368 g/mol. The molecule has 126 valence electrons. The fraction of sp³-hybridized carbons (Fsp3) is 0.0526. The molecule has 0 bridgehead atoms. The molecule has 0 saturated heterocycles. The van der Waals surface area contributed by atoms with Gasteiger partial charge in [0.2, 0.25) is 0 Å². The number of thioether (sulfide) groups is 1. The maximum Gasteiger partial charge on any atom is 0.279 e. The van der Waals surface area contributed by atoms with E-state index in [2.05, 4.69) is 10.9 Å². The fourth-order valence-electron chi connectivity index (χ4n) is 2.19. The van der Waals surface area contributed by atoms with Crippen molar-refractivity contribution in [1.29, 1.82) is 0 Å². The van der Waals surface area contributed by atoms with E-state index in [-0.39, 0.29) is 11.8 Å². The highest BCUT2D eigenvalue weighted by Gasteiger charge is 2.22. The van der Waals surface area contributed by atoms with Gasteiger partial charge < -0.3 is 0 Å². The van der Waals surface area contributed by atoms with Crippen molar-refractivity contribution in [2.45, 2.75) is 10.1 Å². The van der Waals surface area contributed by atoms with Crippen LogP contribution in [0.25, 0.3) is 0 Å². The molecule has 0 aliphatic carbocycles. The quantitative estimate of drug-likeness (QED) is 0.528. The van der Waals surface area contributed by atoms with E-state index in [0.29, 0.717) is 4.88 Å². The molecule has 0 aliphatic rings. The minimum absolute atomic E-state index is 0.273. The maximum absolute atomic E-state index is 12.7. The molecule has 0 spiro atoms. The van der Waals surface area contributed by atoms with Gasteiger partial charge in [0.15, 0.2) is 0 Å². The first-order valence-electron chi connectivity index (χ1n) is 7.64. The van der Waals surface area contributed by atoms with Crippen molar-refractivity contribution < 1.29 is 9.59 Å². The SMILES string of the molecule is O=C(NNC(=O)[C@H](Sc1ccccc1)c1ccccc1)c1cccs1. The summed E-state index contributed by atoms with van der Waals surface area (Å²) in [4.78, 5) is 26.2. The molecular weight excluding hydrogens is 352 g/mol. The second-order valence-corrected chi connectivity index (χ2v) is 7.27. The second kappa shape index (κ2) is 8.50. The van der Waals surface area contributed by atoms with E-state index in [1.165, 1.54) is 23.1 Å². The summed E-state index contributed by atoms with van der Waals surface area (Å²) in [5, 5.41) is 1.35. The minimum Gasteiger partial charge on any atom is -0.272 e. The van der Waals surface area contributed by atoms with E-state index in [1.807, 2.05) is 66.0 Å². The van der Waals surface area contributed by atoms with Gasteiger partial charge in [-0.1, -0.05) is 54.6 Å². The molecule has 2 amide bonds. The number of benzene rings is 2. The van der Waals surface area contributed by atoms with Crippen molar-refractivity contribution >= 4 is 34.9 Å². The van der Waals surface area contributed by atoms with Crippen LogP contribution < -0.4 is 10.9 Å². The first kappa shape index (κ1) is 17.3. The van der Waals surface area contributed by atoms with E-state index in [4.69, 9.17) is 0 Å². The van der Waals surface area contributed by atoms with Crippen molar-refractivity contribution in [3.63, 3.8) is 0 Å². The Morgan fingerprint density at radius 2 is 1.52 bits per heavy atom. The van der Waals surface area contributed by atoms with Crippen molar-refractivity contribution in [2.75, 3.05) is 0 Å². The van der Waals surface area contributed by atoms with Crippen molar-refractivity contribution in [1.82, 2.24) is 10.9 Å². The van der Waals surface area contributed by atoms with Crippen LogP contribution in [0.5, 0.6) is 0 Å². The molecule has 0 saturated carbocycles. The lowest BCUT2D eigenvalue weighted by atomic mass is 10.1. The van der Waals surface area contributed by atoms with Crippen molar-refractivity contribution in [3.05, 3.63) is 88.6 Å². The summed E-state index contributed by atoms with van der Waals surface area (Å²) >= 11 is 2.76. The van der Waals surface area contributed by atoms with Crippen LogP contribution >= 0.6 is 23.1 Å². The smallest absolute Gasteiger partial charge is 0.272 e. The summed E-state index contributed by atoms with van der Waals surface area (Å²) in [5.74, 6) is -0.593. The summed E-state index contributed by atoms with van der Waals surface area (Å²) in [5.41, 5.74) is 5.89. The molecule has 1 heterocycles. The summed E-state index contributed by atoms with van der Waals surface area (Å²) in [6.07, 6.45) is 0. The molecule has 1 atom stereocenters. The average Bonchev–Trinajstić information content (AvgIpc) is 3.20. The van der Waals surface area contributed by atoms with Crippen LogP contribution in [0.4, 0.5) is 0 Å². The van der Waals surface area contributed by atoms with Crippen LogP contribution in [0.1, 0.15) is 20.5 Å². The molecule has 25 heavy (non-hydrogen) atoms. The number of carbonyl (C=O) groups excluding carboxylic acids is 2. The lowest BCUT2D eigenvalue weighted by molar-refractivity contribution is -0.121. The number of thiophene rings is 1. The summed E-state index contributed by atoms with van der Waals surface area (Å²) in [7, 11) is 0. The normalized spacial score (nSPS) is 11.5. The third-order valence-corrected chi connectivity index (χ3v) is 5.52. The largest absolute Gasteiger partial charge is 0.279 e. The van der Waals surface area contributed by atoms with E-state index >= 15 is 0 Å². The van der Waals surface area contributed by atoms with Crippen LogP contribution in [-0.2, 0) is 4.79 Å². The highest BCUT2D eigenvalue weighted by atomic mass is 32.2. The monoisotopic (exact) mass is 368 g/mol. The first-order valence-corrected chi connectivity index (χ1v) is 9.40. The van der Waals surface area contributed by atoms with Crippen molar-refractivity contribution in [2.24, 2.45) is 0 Å². The number of hydrogen-bond donors (Lipinski definition) is 2. The topological polar surface area (TPSA) is 58.2 Å². The van der Waals surface area contributed by atoms with Gasteiger partial charge in [0.25, 0.3) is 11.8 Å². The van der Waals surface area contributed by atoms with Crippen LogP contribution in [-0.4, -0.2) is 11.8 Å². The molecule has 6 heteroatoms. The van der Waals surface area contributed by atoms with Crippen LogP contribution in [0.15, 0.2) is 83.1 Å². The molecule has 3 aromatic rings. The van der Waals surface area contributed by atoms with Gasteiger partial charge in [-0.3, -0.25) is 20.4 Å². The molecule has 0 unspecified atom stereocenters. The molecular formula is C19H16N2O2S2. The zero-order valence-electron chi connectivity index (χ0n) is 13.2. The molecule has 0 radical (unpaired) electrons. The molecule has 2 N–H and O–H groups in total. The lowest BCUT2D eigenvalue weighted by Gasteiger charge is -2.17. The molecule has 3 rings (SSSR count). The van der Waals surface area contributed by atoms with Gasteiger partial charge >= 0.3 is 0 Å². The predicted octanol–water partition coefficient (Wildman–Crippen LogP) is 4.04. The molecule has 1 aromatic heterocycles. The zero-order valence-corrected chi connectivity index (χ0v) is 14.8. The van der Waals surface area contributed by atoms with E-state index in [1.54, 1.807) is 12.1 Å². The molecule has 2 aromatic carbocycles. The first-order chi connectivity index (χ1) is 12.2. The Balaban J connectivity index is 1.72. The maximum atomic E-state index is 12.7. The number of carbonyl (C=O) groups is 2. The van der Waals surface area contributed by atoms with Gasteiger partial charge in [0.05, 0.1) is 4.88 Å². The summed E-state index contributed by atoms with van der Waals surface area (Å²) < 4.78 is 0. The molecule has 0 fully saturated rings. The molecule has 4 nitrogen and oxygen atoms in total. The highest BCUT2D eigenvalue weighted by molar-refractivity contribution is 8.00. The number of amides is 2. The Hall–Kier alpha value is -2.57. The third-order valence-electron chi connectivity index (χ3n) is 3.38. The standard InChI is InChI=1S/C19H16N2O2S2/c22-18(16-12-7-13-24-16)20-21-19(23)17(14-8-3-1-4-9-14)25-15-10-5-2-6-11-15/h1-13,17H,(H,20,22)(H,21,23)/t17-/m1/s1. The van der Waals surface area contributed by atoms with Gasteiger partial charge in [0.1, 0.15) is 5.25 Å². The van der Waals surface area contributed by atoms with E-state index in [0.717, 1.165) is 10.5 Å². The van der Waals surface area contributed by atoms with Gasteiger partial charge in [-0.25, -0.2) is 0 Å². The van der Waals surface area contributed by atoms with Crippen LogP contribution in [0.2, 0.25) is 0 Å². The number of hydrazine groups is 1. The second-order valence-electron chi connectivity index (χ2n) is 5.14. The Morgan fingerprint density at radius 1 is 0.840 bits per heavy atom. The fourth-order valence-corrected chi connectivity index (χ4v) is 3.85. The summed E-state index contributed by atoms with van der Waals surface area (Å²) in [6, 6.07) is 22.7. The minimum atomic E-state index is -0.466. The predicted molar refractivity (Wildman–Crippen MR) is 101 cm³/mol. The Bertz CT molecular complexity index is 821. The zero-order chi connectivity index (χ0) is 17.5. The lowest BCUT2D eigenvalue weighted by Crippen LogP contribution is -2.43. The van der Waals surface area contributed by atoms with Gasteiger partial charge in [0, 0.05) is 4.90 Å². The van der Waals surface area contributed by atoms with Gasteiger partial charge in [-0.2, -0.15) is 0 Å². The van der Waals surface area contributed by atoms with E-state index < -0.39 is 5.25 Å². The van der Waals surface area contributed by atoms with Crippen molar-refractivity contribution in [3.8, 4) is 0 Å². The van der Waals surface area contributed by atoms with Gasteiger partial charge in [-0.05, 0) is 29.1 Å².